The Bertz CT molecular complexity index is 379. The van der Waals surface area contributed by atoms with Crippen LogP contribution < -0.4 is 0 Å². The summed E-state index contributed by atoms with van der Waals surface area (Å²) in [4.78, 5) is 0. The molecule has 1 aromatic rings. The molecular formula is C8H13N3OS. The maximum Gasteiger partial charge on any atom is 0.195 e. The highest BCUT2D eigenvalue weighted by molar-refractivity contribution is 7.71. The lowest BCUT2D eigenvalue weighted by Gasteiger charge is -2.06. The lowest BCUT2D eigenvalue weighted by atomic mass is 10.2. The molecule has 1 aliphatic carbocycles. The Morgan fingerprint density at radius 3 is 2.85 bits per heavy atom. The molecule has 1 saturated carbocycles. The predicted octanol–water partition coefficient (Wildman–Crippen LogP) is 1.40. The molecule has 1 aromatic heterocycles. The molecule has 0 aromatic carbocycles. The summed E-state index contributed by atoms with van der Waals surface area (Å²) in [6, 6.07) is 0.404. The van der Waals surface area contributed by atoms with E-state index in [0.29, 0.717) is 22.1 Å². The fourth-order valence-electron chi connectivity index (χ4n) is 1.65. The zero-order valence-corrected chi connectivity index (χ0v) is 8.56. The predicted molar refractivity (Wildman–Crippen MR) is 50.8 cm³/mol. The zero-order valence-electron chi connectivity index (χ0n) is 7.74. The quantitative estimate of drug-likeness (QED) is 0.708. The van der Waals surface area contributed by atoms with Crippen molar-refractivity contribution in [1.82, 2.24) is 14.8 Å². The zero-order chi connectivity index (χ0) is 9.64. The normalized spacial score (nSPS) is 24.7. The van der Waals surface area contributed by atoms with Crippen molar-refractivity contribution >= 4 is 12.2 Å². The summed E-state index contributed by atoms with van der Waals surface area (Å²) in [5.74, 6) is 0.639. The first kappa shape index (κ1) is 8.90. The number of nitrogens with zero attached hydrogens (tertiary/aromatic N) is 2. The van der Waals surface area contributed by atoms with Crippen LogP contribution in [0.1, 0.15) is 32.1 Å². The second-order valence-electron chi connectivity index (χ2n) is 4.18. The standard InChI is InChI=1S/C8H13N3OS/c1-8(2)3-5(8)11-6(4-12)9-10-7(11)13/h5,12H,3-4H2,1-2H3,(H,10,13). The highest BCUT2D eigenvalue weighted by Crippen LogP contribution is 2.55. The van der Waals surface area contributed by atoms with Gasteiger partial charge in [0.2, 0.25) is 0 Å². The van der Waals surface area contributed by atoms with Crippen molar-refractivity contribution in [1.29, 1.82) is 0 Å². The van der Waals surface area contributed by atoms with Gasteiger partial charge >= 0.3 is 0 Å². The maximum absolute atomic E-state index is 9.03. The van der Waals surface area contributed by atoms with Crippen molar-refractivity contribution < 1.29 is 5.11 Å². The van der Waals surface area contributed by atoms with Crippen molar-refractivity contribution in [2.45, 2.75) is 32.9 Å². The van der Waals surface area contributed by atoms with Gasteiger partial charge in [-0.25, -0.2) is 0 Å². The van der Waals surface area contributed by atoms with E-state index < -0.39 is 0 Å². The van der Waals surface area contributed by atoms with Crippen LogP contribution in [0, 0.1) is 10.2 Å². The first-order valence-electron chi connectivity index (χ1n) is 4.33. The van der Waals surface area contributed by atoms with Gasteiger partial charge in [0.15, 0.2) is 10.6 Å². The van der Waals surface area contributed by atoms with Gasteiger partial charge in [-0.2, -0.15) is 5.10 Å². The van der Waals surface area contributed by atoms with Gasteiger partial charge in [0.25, 0.3) is 0 Å². The van der Waals surface area contributed by atoms with Gasteiger partial charge in [-0.1, -0.05) is 13.8 Å². The molecule has 0 spiro atoms. The minimum atomic E-state index is -0.0558. The van der Waals surface area contributed by atoms with Crippen LogP contribution >= 0.6 is 12.2 Å². The summed E-state index contributed by atoms with van der Waals surface area (Å²) in [5.41, 5.74) is 0.298. The summed E-state index contributed by atoms with van der Waals surface area (Å²) in [7, 11) is 0. The number of nitrogens with one attached hydrogen (secondary N) is 1. The van der Waals surface area contributed by atoms with Crippen LogP contribution in [0.5, 0.6) is 0 Å². The topological polar surface area (TPSA) is 53.8 Å². The average molecular weight is 199 g/mol. The minimum Gasteiger partial charge on any atom is -0.388 e. The van der Waals surface area contributed by atoms with Gasteiger partial charge in [0, 0.05) is 6.04 Å². The van der Waals surface area contributed by atoms with E-state index in [1.807, 2.05) is 4.57 Å². The van der Waals surface area contributed by atoms with Crippen molar-refractivity contribution in [3.05, 3.63) is 10.6 Å². The molecule has 0 saturated heterocycles. The lowest BCUT2D eigenvalue weighted by molar-refractivity contribution is 0.263. The van der Waals surface area contributed by atoms with Crippen molar-refractivity contribution in [2.24, 2.45) is 5.41 Å². The molecule has 1 atom stereocenters. The second kappa shape index (κ2) is 2.65. The maximum atomic E-state index is 9.03. The van der Waals surface area contributed by atoms with Gasteiger partial charge in [-0.15, -0.1) is 0 Å². The van der Waals surface area contributed by atoms with E-state index in [4.69, 9.17) is 17.3 Å². The molecule has 0 amide bonds. The van der Waals surface area contributed by atoms with E-state index in [1.165, 1.54) is 0 Å². The van der Waals surface area contributed by atoms with E-state index in [0.717, 1.165) is 6.42 Å². The van der Waals surface area contributed by atoms with Crippen LogP contribution in [0.15, 0.2) is 0 Å². The van der Waals surface area contributed by atoms with Crippen LogP contribution in [0.25, 0.3) is 0 Å². The molecule has 2 rings (SSSR count). The fraction of sp³-hybridized carbons (Fsp3) is 0.750. The first-order valence-corrected chi connectivity index (χ1v) is 4.74. The highest BCUT2D eigenvalue weighted by Gasteiger charge is 2.48. The van der Waals surface area contributed by atoms with Crippen LogP contribution in [0.3, 0.4) is 0 Å². The number of aromatic amines is 1. The van der Waals surface area contributed by atoms with Crippen molar-refractivity contribution in [2.75, 3.05) is 0 Å². The van der Waals surface area contributed by atoms with Crippen LogP contribution in [-0.4, -0.2) is 19.9 Å². The van der Waals surface area contributed by atoms with E-state index in [1.54, 1.807) is 0 Å². The van der Waals surface area contributed by atoms with Gasteiger partial charge in [-0.05, 0) is 24.1 Å². The summed E-state index contributed by atoms with van der Waals surface area (Å²) >= 11 is 5.09. The average Bonchev–Trinajstić information content (AvgIpc) is 2.54. The third-order valence-corrected chi connectivity index (χ3v) is 2.98. The Morgan fingerprint density at radius 1 is 1.77 bits per heavy atom. The fourth-order valence-corrected chi connectivity index (χ4v) is 1.93. The molecule has 0 aliphatic heterocycles. The minimum absolute atomic E-state index is 0.0558. The van der Waals surface area contributed by atoms with Crippen LogP contribution in [0.4, 0.5) is 0 Å². The molecule has 1 unspecified atom stereocenters. The Balaban J connectivity index is 2.40. The first-order chi connectivity index (χ1) is 6.06. The van der Waals surface area contributed by atoms with Gasteiger partial charge in [-0.3, -0.25) is 9.67 Å². The molecule has 1 aliphatic rings. The third-order valence-electron chi connectivity index (χ3n) is 2.69. The van der Waals surface area contributed by atoms with E-state index >= 15 is 0 Å². The smallest absolute Gasteiger partial charge is 0.195 e. The Hall–Kier alpha value is -0.680. The molecule has 0 radical (unpaired) electrons. The van der Waals surface area contributed by atoms with Crippen molar-refractivity contribution in [3.8, 4) is 0 Å². The largest absolute Gasteiger partial charge is 0.388 e. The van der Waals surface area contributed by atoms with Crippen LogP contribution in [-0.2, 0) is 6.61 Å². The number of H-pyrrole nitrogens is 1. The SMILES string of the molecule is CC1(C)CC1n1c(CO)n[nH]c1=S. The van der Waals surface area contributed by atoms with Gasteiger partial charge in [0.05, 0.1) is 0 Å². The number of rotatable bonds is 2. The van der Waals surface area contributed by atoms with E-state index in [-0.39, 0.29) is 6.61 Å². The summed E-state index contributed by atoms with van der Waals surface area (Å²) in [6.45, 7) is 4.32. The second-order valence-corrected chi connectivity index (χ2v) is 4.57. The molecule has 4 nitrogen and oxygen atoms in total. The monoisotopic (exact) mass is 199 g/mol. The summed E-state index contributed by atoms with van der Waals surface area (Å²) in [5, 5.41) is 15.7. The van der Waals surface area contributed by atoms with Crippen molar-refractivity contribution in [3.63, 3.8) is 0 Å². The van der Waals surface area contributed by atoms with Gasteiger partial charge < -0.3 is 5.11 Å². The molecular weight excluding hydrogens is 186 g/mol. The number of aliphatic hydroxyl groups excluding tert-OH is 1. The molecule has 13 heavy (non-hydrogen) atoms. The number of hydrogen-bond acceptors (Lipinski definition) is 3. The Morgan fingerprint density at radius 2 is 2.38 bits per heavy atom. The molecule has 0 bridgehead atoms. The Kier molecular flexibility index (Phi) is 1.82. The summed E-state index contributed by atoms with van der Waals surface area (Å²) in [6.07, 6.45) is 1.10. The number of aliphatic hydroxyl groups is 1. The molecule has 1 heterocycles. The third kappa shape index (κ3) is 1.32. The summed E-state index contributed by atoms with van der Waals surface area (Å²) < 4.78 is 2.54. The van der Waals surface area contributed by atoms with Crippen LogP contribution in [0.2, 0.25) is 0 Å². The molecule has 72 valence electrons. The van der Waals surface area contributed by atoms with Gasteiger partial charge in [0.1, 0.15) is 6.61 Å². The lowest BCUT2D eigenvalue weighted by Crippen LogP contribution is -2.05. The van der Waals surface area contributed by atoms with E-state index in [2.05, 4.69) is 24.0 Å². The molecule has 2 N–H and O–H groups in total. The Labute approximate surface area is 81.6 Å². The van der Waals surface area contributed by atoms with E-state index in [9.17, 15) is 0 Å². The number of aromatic nitrogens is 3. The highest BCUT2D eigenvalue weighted by atomic mass is 32.1. The molecule has 1 fully saturated rings. The number of hydrogen-bond donors (Lipinski definition) is 2. The molecule has 5 heteroatoms.